The number of aromatic amines is 1. The van der Waals surface area contributed by atoms with E-state index in [0.717, 1.165) is 20.9 Å². The van der Waals surface area contributed by atoms with Gasteiger partial charge in [0, 0.05) is 27.7 Å². The third kappa shape index (κ3) is 4.03. The van der Waals surface area contributed by atoms with E-state index in [1.165, 1.54) is 4.90 Å². The molecule has 1 aromatic heterocycles. The van der Waals surface area contributed by atoms with Crippen molar-refractivity contribution >= 4 is 32.7 Å². The average molecular weight is 415 g/mol. The van der Waals surface area contributed by atoms with Gasteiger partial charge < -0.3 is 15.0 Å². The number of carbonyl (C=O) groups is 1. The van der Waals surface area contributed by atoms with Gasteiger partial charge in [0.15, 0.2) is 0 Å². The van der Waals surface area contributed by atoms with E-state index in [0.29, 0.717) is 11.1 Å². The average Bonchev–Trinajstić information content (AvgIpc) is 2.62. The Bertz CT molecular complexity index is 996. The minimum atomic E-state index is -0.229. The van der Waals surface area contributed by atoms with E-state index in [2.05, 4.69) is 20.9 Å². The van der Waals surface area contributed by atoms with Gasteiger partial charge in [-0.3, -0.25) is 9.59 Å². The van der Waals surface area contributed by atoms with E-state index in [9.17, 15) is 14.7 Å². The number of pyridine rings is 1. The van der Waals surface area contributed by atoms with E-state index in [4.69, 9.17) is 0 Å². The maximum atomic E-state index is 12.8. The zero-order valence-corrected chi connectivity index (χ0v) is 15.9. The molecule has 0 aliphatic heterocycles. The topological polar surface area (TPSA) is 73.4 Å². The van der Waals surface area contributed by atoms with Crippen LogP contribution in [-0.4, -0.2) is 34.0 Å². The summed E-state index contributed by atoms with van der Waals surface area (Å²) in [6.07, 6.45) is 0. The lowest BCUT2D eigenvalue weighted by Crippen LogP contribution is -2.35. The van der Waals surface area contributed by atoms with Crippen LogP contribution in [0.15, 0.2) is 57.8 Å². The second-order valence-corrected chi connectivity index (χ2v) is 7.09. The zero-order chi connectivity index (χ0) is 18.7. The highest BCUT2D eigenvalue weighted by Gasteiger charge is 2.17. The second kappa shape index (κ2) is 7.85. The maximum absolute atomic E-state index is 12.8. The molecule has 0 unspecified atom stereocenters. The number of halogens is 1. The Hall–Kier alpha value is -2.44. The lowest BCUT2D eigenvalue weighted by molar-refractivity contribution is 0.0707. The van der Waals surface area contributed by atoms with Gasteiger partial charge in [0.2, 0.25) is 0 Å². The number of aliphatic hydroxyl groups excluding tert-OH is 1. The standard InChI is InChI=1S/C20H19BrN2O3/c1-13-2-7-18-15(10-13)11-16(19(25)22-18)12-23(8-9-24)20(26)14-3-5-17(21)6-4-14/h2-7,10-11,24H,8-9,12H2,1H3,(H,22,25). The van der Waals surface area contributed by atoms with Crippen LogP contribution in [0.5, 0.6) is 0 Å². The number of fused-ring (bicyclic) bond motifs is 1. The fourth-order valence-electron chi connectivity index (χ4n) is 2.84. The number of aryl methyl sites for hydroxylation is 1. The van der Waals surface area contributed by atoms with Crippen molar-refractivity contribution < 1.29 is 9.90 Å². The summed E-state index contributed by atoms with van der Waals surface area (Å²) in [5.41, 5.74) is 2.62. The van der Waals surface area contributed by atoms with E-state index < -0.39 is 0 Å². The van der Waals surface area contributed by atoms with Gasteiger partial charge in [-0.2, -0.15) is 0 Å². The first kappa shape index (κ1) is 18.4. The fourth-order valence-corrected chi connectivity index (χ4v) is 3.11. The van der Waals surface area contributed by atoms with Gasteiger partial charge in [0.25, 0.3) is 11.5 Å². The van der Waals surface area contributed by atoms with Gasteiger partial charge in [0.05, 0.1) is 13.2 Å². The van der Waals surface area contributed by atoms with Crippen molar-refractivity contribution in [1.29, 1.82) is 0 Å². The molecule has 26 heavy (non-hydrogen) atoms. The number of benzene rings is 2. The summed E-state index contributed by atoms with van der Waals surface area (Å²) >= 11 is 3.34. The predicted octanol–water partition coefficient (Wildman–Crippen LogP) is 3.23. The first-order valence-electron chi connectivity index (χ1n) is 8.26. The Morgan fingerprint density at radius 1 is 1.15 bits per heavy atom. The molecule has 3 aromatic rings. The summed E-state index contributed by atoms with van der Waals surface area (Å²) in [6.45, 7) is 2.10. The third-order valence-corrected chi connectivity index (χ3v) is 4.71. The molecular weight excluding hydrogens is 396 g/mol. The van der Waals surface area contributed by atoms with Crippen molar-refractivity contribution in [3.05, 3.63) is 80.0 Å². The van der Waals surface area contributed by atoms with Crippen LogP contribution in [0.3, 0.4) is 0 Å². The minimum Gasteiger partial charge on any atom is -0.395 e. The molecule has 0 spiro atoms. The summed E-state index contributed by atoms with van der Waals surface area (Å²) in [7, 11) is 0. The van der Waals surface area contributed by atoms with Gasteiger partial charge in [-0.25, -0.2) is 0 Å². The summed E-state index contributed by atoms with van der Waals surface area (Å²) in [6, 6.07) is 14.6. The second-order valence-electron chi connectivity index (χ2n) is 6.17. The highest BCUT2D eigenvalue weighted by atomic mass is 79.9. The van der Waals surface area contributed by atoms with E-state index in [1.807, 2.05) is 25.1 Å². The molecule has 3 rings (SSSR count). The van der Waals surface area contributed by atoms with Crippen LogP contribution in [0.4, 0.5) is 0 Å². The molecule has 0 radical (unpaired) electrons. The first-order valence-corrected chi connectivity index (χ1v) is 9.05. The highest BCUT2D eigenvalue weighted by Crippen LogP contribution is 2.16. The Balaban J connectivity index is 1.93. The molecule has 2 N–H and O–H groups in total. The molecule has 0 aliphatic carbocycles. The Morgan fingerprint density at radius 2 is 1.88 bits per heavy atom. The van der Waals surface area contributed by atoms with Gasteiger partial charge in [0.1, 0.15) is 0 Å². The first-order chi connectivity index (χ1) is 12.5. The van der Waals surface area contributed by atoms with Crippen LogP contribution in [-0.2, 0) is 6.54 Å². The Labute approximate surface area is 159 Å². The van der Waals surface area contributed by atoms with Crippen LogP contribution >= 0.6 is 15.9 Å². The quantitative estimate of drug-likeness (QED) is 0.672. The minimum absolute atomic E-state index is 0.134. The number of hydrogen-bond acceptors (Lipinski definition) is 3. The van der Waals surface area contributed by atoms with E-state index >= 15 is 0 Å². The van der Waals surface area contributed by atoms with E-state index in [-0.39, 0.29) is 31.2 Å². The van der Waals surface area contributed by atoms with E-state index in [1.54, 1.807) is 30.3 Å². The molecule has 134 valence electrons. The normalized spacial score (nSPS) is 10.9. The zero-order valence-electron chi connectivity index (χ0n) is 14.3. The number of H-pyrrole nitrogens is 1. The van der Waals surface area contributed by atoms with Crippen molar-refractivity contribution in [2.45, 2.75) is 13.5 Å². The molecule has 0 fully saturated rings. The number of amides is 1. The van der Waals surface area contributed by atoms with Gasteiger partial charge in [-0.1, -0.05) is 27.6 Å². The van der Waals surface area contributed by atoms with Crippen LogP contribution in [0.25, 0.3) is 10.9 Å². The van der Waals surface area contributed by atoms with Crippen molar-refractivity contribution in [1.82, 2.24) is 9.88 Å². The molecular formula is C20H19BrN2O3. The number of nitrogens with one attached hydrogen (secondary N) is 1. The van der Waals surface area contributed by atoms with Crippen molar-refractivity contribution in [2.24, 2.45) is 0 Å². The lowest BCUT2D eigenvalue weighted by Gasteiger charge is -2.22. The molecule has 0 saturated heterocycles. The maximum Gasteiger partial charge on any atom is 0.254 e. The number of carbonyl (C=O) groups excluding carboxylic acids is 1. The molecule has 0 bridgehead atoms. The summed E-state index contributed by atoms with van der Waals surface area (Å²) < 4.78 is 0.879. The number of rotatable bonds is 5. The highest BCUT2D eigenvalue weighted by molar-refractivity contribution is 9.10. The molecule has 0 aliphatic rings. The largest absolute Gasteiger partial charge is 0.395 e. The van der Waals surface area contributed by atoms with Crippen LogP contribution in [0.1, 0.15) is 21.5 Å². The van der Waals surface area contributed by atoms with Crippen LogP contribution in [0.2, 0.25) is 0 Å². The molecule has 5 nitrogen and oxygen atoms in total. The smallest absolute Gasteiger partial charge is 0.254 e. The summed E-state index contributed by atoms with van der Waals surface area (Å²) in [5, 5.41) is 10.3. The molecule has 0 atom stereocenters. The Kier molecular flexibility index (Phi) is 5.54. The fraction of sp³-hybridized carbons (Fsp3) is 0.200. The predicted molar refractivity (Wildman–Crippen MR) is 105 cm³/mol. The van der Waals surface area contributed by atoms with Crippen LogP contribution in [0, 0.1) is 6.92 Å². The van der Waals surface area contributed by atoms with Gasteiger partial charge in [-0.05, 0) is 54.8 Å². The number of nitrogens with zero attached hydrogens (tertiary/aromatic N) is 1. The molecule has 2 aromatic carbocycles. The molecule has 1 heterocycles. The monoisotopic (exact) mass is 414 g/mol. The third-order valence-electron chi connectivity index (χ3n) is 4.19. The van der Waals surface area contributed by atoms with Gasteiger partial charge >= 0.3 is 0 Å². The molecule has 1 amide bonds. The molecule has 6 heteroatoms. The van der Waals surface area contributed by atoms with Crippen molar-refractivity contribution in [3.8, 4) is 0 Å². The van der Waals surface area contributed by atoms with Crippen LogP contribution < -0.4 is 5.56 Å². The van der Waals surface area contributed by atoms with Crippen molar-refractivity contribution in [2.75, 3.05) is 13.2 Å². The summed E-state index contributed by atoms with van der Waals surface area (Å²) in [4.78, 5) is 29.5. The Morgan fingerprint density at radius 3 is 2.58 bits per heavy atom. The van der Waals surface area contributed by atoms with Gasteiger partial charge in [-0.15, -0.1) is 0 Å². The number of hydrogen-bond donors (Lipinski definition) is 2. The SMILES string of the molecule is Cc1ccc2[nH]c(=O)c(CN(CCO)C(=O)c3ccc(Br)cc3)cc2c1. The summed E-state index contributed by atoms with van der Waals surface area (Å²) in [5.74, 6) is -0.227. The number of aromatic nitrogens is 1. The van der Waals surface area contributed by atoms with Crippen molar-refractivity contribution in [3.63, 3.8) is 0 Å². The lowest BCUT2D eigenvalue weighted by atomic mass is 10.1. The number of aliphatic hydroxyl groups is 1. The molecule has 0 saturated carbocycles.